The first-order valence-electron chi connectivity index (χ1n) is 7.82. The van der Waals surface area contributed by atoms with Crippen molar-refractivity contribution in [2.24, 2.45) is 5.92 Å². The van der Waals surface area contributed by atoms with Crippen LogP contribution in [-0.2, 0) is 22.4 Å². The Morgan fingerprint density at radius 3 is 2.68 bits per heavy atom. The van der Waals surface area contributed by atoms with Crippen molar-refractivity contribution in [3.8, 4) is 0 Å². The number of thiazole rings is 1. The molecule has 1 N–H and O–H groups in total. The first-order valence-corrected chi connectivity index (χ1v) is 8.64. The van der Waals surface area contributed by atoms with E-state index in [1.165, 1.54) is 0 Å². The van der Waals surface area contributed by atoms with Gasteiger partial charge in [0, 0.05) is 37.5 Å². The SMILES string of the molecule is CCC(=O)N1CCN(c2nc3c(s2)C[C@@H](C(=O)O)CC3)CC1. The normalized spacial score (nSPS) is 21.6. The quantitative estimate of drug-likeness (QED) is 0.910. The Labute approximate surface area is 133 Å². The average Bonchev–Trinajstić information content (AvgIpc) is 2.97. The predicted octanol–water partition coefficient (Wildman–Crippen LogP) is 1.39. The Kier molecular flexibility index (Phi) is 4.33. The number of nitrogens with zero attached hydrogens (tertiary/aromatic N) is 3. The van der Waals surface area contributed by atoms with Crippen LogP contribution in [0.4, 0.5) is 5.13 Å². The summed E-state index contributed by atoms with van der Waals surface area (Å²) in [5.74, 6) is -0.755. The lowest BCUT2D eigenvalue weighted by Gasteiger charge is -2.34. The van der Waals surface area contributed by atoms with Crippen LogP contribution in [0.15, 0.2) is 0 Å². The number of carboxylic acids is 1. The maximum atomic E-state index is 11.7. The number of aliphatic carboxylic acids is 1. The van der Waals surface area contributed by atoms with Crippen molar-refractivity contribution in [3.05, 3.63) is 10.6 Å². The minimum atomic E-state index is -0.702. The summed E-state index contributed by atoms with van der Waals surface area (Å²) >= 11 is 1.63. The van der Waals surface area contributed by atoms with Gasteiger partial charge in [-0.1, -0.05) is 6.92 Å². The molecule has 0 bridgehead atoms. The van der Waals surface area contributed by atoms with Crippen LogP contribution in [0.3, 0.4) is 0 Å². The summed E-state index contributed by atoms with van der Waals surface area (Å²) in [7, 11) is 0. The van der Waals surface area contributed by atoms with E-state index in [0.29, 0.717) is 19.3 Å². The van der Waals surface area contributed by atoms with Gasteiger partial charge in [0.15, 0.2) is 5.13 Å². The Balaban J connectivity index is 1.65. The van der Waals surface area contributed by atoms with Crippen LogP contribution in [0, 0.1) is 5.92 Å². The van der Waals surface area contributed by atoms with E-state index >= 15 is 0 Å². The summed E-state index contributed by atoms with van der Waals surface area (Å²) in [6.07, 6.45) is 2.61. The van der Waals surface area contributed by atoms with E-state index in [0.717, 1.165) is 48.3 Å². The standard InChI is InChI=1S/C15H21N3O3S/c1-2-13(19)17-5-7-18(8-6-17)15-16-11-4-3-10(14(20)21)9-12(11)22-15/h10H,2-9H2,1H3,(H,20,21)/t10-/m0/s1. The molecule has 3 rings (SSSR count). The Bertz CT molecular complexity index is 579. The van der Waals surface area contributed by atoms with Gasteiger partial charge in [0.2, 0.25) is 5.91 Å². The van der Waals surface area contributed by atoms with Crippen LogP contribution in [0.1, 0.15) is 30.3 Å². The molecule has 0 radical (unpaired) electrons. The Morgan fingerprint density at radius 2 is 2.05 bits per heavy atom. The molecule has 0 aromatic carbocycles. The highest BCUT2D eigenvalue weighted by atomic mass is 32.1. The molecule has 0 spiro atoms. The van der Waals surface area contributed by atoms with E-state index in [-0.39, 0.29) is 11.8 Å². The lowest BCUT2D eigenvalue weighted by Crippen LogP contribution is -2.48. The topological polar surface area (TPSA) is 73.7 Å². The molecular formula is C15H21N3O3S. The largest absolute Gasteiger partial charge is 0.481 e. The number of aromatic nitrogens is 1. The third-order valence-corrected chi connectivity index (χ3v) is 5.66. The fourth-order valence-electron chi connectivity index (χ4n) is 3.08. The second kappa shape index (κ2) is 6.24. The molecule has 1 aromatic heterocycles. The van der Waals surface area contributed by atoms with Crippen molar-refractivity contribution < 1.29 is 14.7 Å². The van der Waals surface area contributed by atoms with E-state index in [9.17, 15) is 9.59 Å². The monoisotopic (exact) mass is 323 g/mol. The van der Waals surface area contributed by atoms with Gasteiger partial charge >= 0.3 is 5.97 Å². The fourth-order valence-corrected chi connectivity index (χ4v) is 4.32. The molecule has 0 unspecified atom stereocenters. The van der Waals surface area contributed by atoms with Gasteiger partial charge in [0.05, 0.1) is 11.6 Å². The first-order chi connectivity index (χ1) is 10.6. The van der Waals surface area contributed by atoms with Gasteiger partial charge in [-0.25, -0.2) is 4.98 Å². The zero-order valence-corrected chi connectivity index (χ0v) is 13.6. The molecule has 22 heavy (non-hydrogen) atoms. The highest BCUT2D eigenvalue weighted by Gasteiger charge is 2.29. The molecule has 0 saturated carbocycles. The number of aryl methyl sites for hydroxylation is 1. The van der Waals surface area contributed by atoms with Gasteiger partial charge < -0.3 is 14.9 Å². The molecule has 1 aliphatic carbocycles. The van der Waals surface area contributed by atoms with Crippen molar-refractivity contribution in [2.45, 2.75) is 32.6 Å². The van der Waals surface area contributed by atoms with Gasteiger partial charge in [-0.3, -0.25) is 9.59 Å². The summed E-state index contributed by atoms with van der Waals surface area (Å²) in [5, 5.41) is 10.1. The number of amides is 1. The molecule has 2 heterocycles. The van der Waals surface area contributed by atoms with Gasteiger partial charge in [-0.15, -0.1) is 11.3 Å². The van der Waals surface area contributed by atoms with E-state index < -0.39 is 5.97 Å². The molecular weight excluding hydrogens is 302 g/mol. The third-order valence-electron chi connectivity index (χ3n) is 4.48. The van der Waals surface area contributed by atoms with Gasteiger partial charge in [0.25, 0.3) is 0 Å². The summed E-state index contributed by atoms with van der Waals surface area (Å²) in [6.45, 7) is 4.99. The molecule has 120 valence electrons. The number of fused-ring (bicyclic) bond motifs is 1. The van der Waals surface area contributed by atoms with Crippen LogP contribution in [-0.4, -0.2) is 53.0 Å². The number of piperazine rings is 1. The molecule has 1 aliphatic heterocycles. The van der Waals surface area contributed by atoms with Crippen molar-refractivity contribution in [2.75, 3.05) is 31.1 Å². The maximum absolute atomic E-state index is 11.7. The maximum Gasteiger partial charge on any atom is 0.306 e. The van der Waals surface area contributed by atoms with E-state index in [4.69, 9.17) is 10.1 Å². The number of hydrogen-bond donors (Lipinski definition) is 1. The minimum Gasteiger partial charge on any atom is -0.481 e. The number of rotatable bonds is 3. The number of carboxylic acid groups (broad SMARTS) is 1. The highest BCUT2D eigenvalue weighted by molar-refractivity contribution is 7.15. The number of carbonyl (C=O) groups excluding carboxylic acids is 1. The van der Waals surface area contributed by atoms with Crippen molar-refractivity contribution in [3.63, 3.8) is 0 Å². The zero-order valence-electron chi connectivity index (χ0n) is 12.7. The number of anilines is 1. The smallest absolute Gasteiger partial charge is 0.306 e. The molecule has 1 amide bonds. The molecule has 1 atom stereocenters. The molecule has 6 nitrogen and oxygen atoms in total. The van der Waals surface area contributed by atoms with Gasteiger partial charge in [0.1, 0.15) is 0 Å². The average molecular weight is 323 g/mol. The second-order valence-corrected chi connectivity index (χ2v) is 6.93. The lowest BCUT2D eigenvalue weighted by atomic mass is 9.91. The fraction of sp³-hybridized carbons (Fsp3) is 0.667. The Hall–Kier alpha value is -1.63. The Morgan fingerprint density at radius 1 is 1.32 bits per heavy atom. The minimum absolute atomic E-state index is 0.211. The molecule has 1 saturated heterocycles. The summed E-state index contributed by atoms with van der Waals surface area (Å²) < 4.78 is 0. The number of hydrogen-bond acceptors (Lipinski definition) is 5. The lowest BCUT2D eigenvalue weighted by molar-refractivity contribution is -0.142. The summed E-state index contributed by atoms with van der Waals surface area (Å²) in [5.41, 5.74) is 1.07. The van der Waals surface area contributed by atoms with Gasteiger partial charge in [-0.05, 0) is 19.3 Å². The van der Waals surface area contributed by atoms with Crippen LogP contribution < -0.4 is 4.90 Å². The van der Waals surface area contributed by atoms with Crippen molar-refractivity contribution in [1.29, 1.82) is 0 Å². The summed E-state index contributed by atoms with van der Waals surface area (Å²) in [6, 6.07) is 0. The van der Waals surface area contributed by atoms with E-state index in [2.05, 4.69) is 4.90 Å². The summed E-state index contributed by atoms with van der Waals surface area (Å²) in [4.78, 5) is 32.8. The number of carbonyl (C=O) groups is 2. The molecule has 2 aliphatic rings. The molecule has 1 fully saturated rings. The van der Waals surface area contributed by atoms with Gasteiger partial charge in [-0.2, -0.15) is 0 Å². The zero-order chi connectivity index (χ0) is 15.7. The van der Waals surface area contributed by atoms with Crippen LogP contribution in [0.5, 0.6) is 0 Å². The van der Waals surface area contributed by atoms with Crippen molar-refractivity contribution in [1.82, 2.24) is 9.88 Å². The first kappa shape index (κ1) is 15.3. The highest BCUT2D eigenvalue weighted by Crippen LogP contribution is 2.34. The molecule has 1 aromatic rings. The van der Waals surface area contributed by atoms with Crippen LogP contribution >= 0.6 is 11.3 Å². The van der Waals surface area contributed by atoms with Crippen LogP contribution in [0.2, 0.25) is 0 Å². The van der Waals surface area contributed by atoms with E-state index in [1.807, 2.05) is 11.8 Å². The second-order valence-electron chi connectivity index (χ2n) is 5.87. The third kappa shape index (κ3) is 2.95. The van der Waals surface area contributed by atoms with Crippen LogP contribution in [0.25, 0.3) is 0 Å². The van der Waals surface area contributed by atoms with E-state index in [1.54, 1.807) is 11.3 Å². The van der Waals surface area contributed by atoms with Crippen molar-refractivity contribution >= 4 is 28.3 Å². The predicted molar refractivity (Wildman–Crippen MR) is 84.3 cm³/mol. The molecule has 7 heteroatoms.